The molecule has 0 radical (unpaired) electrons. The van der Waals surface area contributed by atoms with Crippen LogP contribution in [0.25, 0.3) is 55.5 Å². The van der Waals surface area contributed by atoms with Gasteiger partial charge in [0, 0.05) is 21.9 Å². The minimum atomic E-state index is 0.167. The lowest BCUT2D eigenvalue weighted by atomic mass is 10.1. The van der Waals surface area contributed by atoms with Gasteiger partial charge in [-0.1, -0.05) is 54.6 Å². The molecule has 0 unspecified atom stereocenters. The Hall–Kier alpha value is -3.76. The van der Waals surface area contributed by atoms with Gasteiger partial charge in [-0.15, -0.1) is 0 Å². The summed E-state index contributed by atoms with van der Waals surface area (Å²) in [6, 6.07) is 28.2. The molecule has 0 aliphatic heterocycles. The second-order valence-corrected chi connectivity index (χ2v) is 7.46. The molecule has 0 spiro atoms. The summed E-state index contributed by atoms with van der Waals surface area (Å²) in [6.07, 6.45) is 0. The molecule has 0 aliphatic rings. The third-order valence-electron chi connectivity index (χ3n) is 5.25. The van der Waals surface area contributed by atoms with Gasteiger partial charge in [0.1, 0.15) is 11.2 Å². The maximum Gasteiger partial charge on any atom is 0.226 e. The van der Waals surface area contributed by atoms with Gasteiger partial charge in [-0.05, 0) is 52.7 Å². The Balaban J connectivity index is 1.51. The SMILES string of the molecule is Clc1nc(-c2ccc3ccccc3c2)nc(-c2ccc3oc4ccccc4c3c2)n1. The Morgan fingerprint density at radius 1 is 0.567 bits per heavy atom. The van der Waals surface area contributed by atoms with Crippen LogP contribution in [0.3, 0.4) is 0 Å². The van der Waals surface area contributed by atoms with E-state index in [1.807, 2.05) is 60.7 Å². The molecule has 30 heavy (non-hydrogen) atoms. The first-order valence-electron chi connectivity index (χ1n) is 9.57. The quantitative estimate of drug-likeness (QED) is 0.313. The zero-order valence-electron chi connectivity index (χ0n) is 15.7. The molecule has 6 aromatic rings. The molecule has 142 valence electrons. The highest BCUT2D eigenvalue weighted by Crippen LogP contribution is 2.32. The molecule has 0 saturated heterocycles. The number of halogens is 1. The number of aromatic nitrogens is 3. The normalized spacial score (nSPS) is 11.5. The van der Waals surface area contributed by atoms with Gasteiger partial charge in [-0.2, -0.15) is 9.97 Å². The molecule has 6 rings (SSSR count). The van der Waals surface area contributed by atoms with Crippen molar-refractivity contribution in [1.82, 2.24) is 15.0 Å². The van der Waals surface area contributed by atoms with Crippen molar-refractivity contribution in [1.29, 1.82) is 0 Å². The van der Waals surface area contributed by atoms with Gasteiger partial charge in [0.15, 0.2) is 11.6 Å². The molecule has 0 N–H and O–H groups in total. The van der Waals surface area contributed by atoms with E-state index in [-0.39, 0.29) is 5.28 Å². The van der Waals surface area contributed by atoms with E-state index in [4.69, 9.17) is 21.0 Å². The Kier molecular flexibility index (Phi) is 3.79. The van der Waals surface area contributed by atoms with Gasteiger partial charge in [-0.25, -0.2) is 4.98 Å². The maximum absolute atomic E-state index is 6.28. The fourth-order valence-corrected chi connectivity index (χ4v) is 3.96. The number of rotatable bonds is 2. The third-order valence-corrected chi connectivity index (χ3v) is 5.42. The van der Waals surface area contributed by atoms with Crippen LogP contribution in [0.15, 0.2) is 89.3 Å². The van der Waals surface area contributed by atoms with Crippen molar-refractivity contribution in [2.45, 2.75) is 0 Å². The Labute approximate surface area is 176 Å². The lowest BCUT2D eigenvalue weighted by molar-refractivity contribution is 0.669. The summed E-state index contributed by atoms with van der Waals surface area (Å²) >= 11 is 6.28. The van der Waals surface area contributed by atoms with Crippen molar-refractivity contribution in [2.75, 3.05) is 0 Å². The van der Waals surface area contributed by atoms with Crippen LogP contribution in [0.1, 0.15) is 0 Å². The van der Waals surface area contributed by atoms with Gasteiger partial charge in [0.25, 0.3) is 0 Å². The van der Waals surface area contributed by atoms with Crippen molar-refractivity contribution in [3.63, 3.8) is 0 Å². The summed E-state index contributed by atoms with van der Waals surface area (Å²) in [5.41, 5.74) is 3.44. The molecule has 5 heteroatoms. The van der Waals surface area contributed by atoms with Crippen LogP contribution in [-0.4, -0.2) is 15.0 Å². The van der Waals surface area contributed by atoms with Crippen molar-refractivity contribution < 1.29 is 4.42 Å². The predicted octanol–water partition coefficient (Wildman–Crippen LogP) is 6.91. The van der Waals surface area contributed by atoms with E-state index in [9.17, 15) is 0 Å². The highest BCUT2D eigenvalue weighted by molar-refractivity contribution is 6.28. The first-order chi connectivity index (χ1) is 14.7. The smallest absolute Gasteiger partial charge is 0.226 e. The summed E-state index contributed by atoms with van der Waals surface area (Å²) in [7, 11) is 0. The molecule has 0 atom stereocenters. The van der Waals surface area contributed by atoms with Gasteiger partial charge >= 0.3 is 0 Å². The number of benzene rings is 4. The molecule has 4 nitrogen and oxygen atoms in total. The van der Waals surface area contributed by atoms with Crippen LogP contribution in [0.4, 0.5) is 0 Å². The average molecular weight is 408 g/mol. The number of hydrogen-bond acceptors (Lipinski definition) is 4. The van der Waals surface area contributed by atoms with E-state index in [1.54, 1.807) is 0 Å². The number of para-hydroxylation sites is 1. The summed E-state index contributed by atoms with van der Waals surface area (Å²) < 4.78 is 5.92. The van der Waals surface area contributed by atoms with Gasteiger partial charge in [-0.3, -0.25) is 0 Å². The van der Waals surface area contributed by atoms with Crippen LogP contribution < -0.4 is 0 Å². The Morgan fingerprint density at radius 3 is 2.10 bits per heavy atom. The molecule has 2 aromatic heterocycles. The van der Waals surface area contributed by atoms with Crippen molar-refractivity contribution in [3.05, 3.63) is 90.2 Å². The van der Waals surface area contributed by atoms with Gasteiger partial charge in [0.2, 0.25) is 5.28 Å². The van der Waals surface area contributed by atoms with E-state index in [1.165, 1.54) is 5.39 Å². The van der Waals surface area contributed by atoms with Crippen LogP contribution >= 0.6 is 11.6 Å². The van der Waals surface area contributed by atoms with Crippen LogP contribution in [-0.2, 0) is 0 Å². The summed E-state index contributed by atoms with van der Waals surface area (Å²) in [5.74, 6) is 1.08. The topological polar surface area (TPSA) is 51.8 Å². The fraction of sp³-hybridized carbons (Fsp3) is 0. The first-order valence-corrected chi connectivity index (χ1v) is 9.95. The minimum Gasteiger partial charge on any atom is -0.456 e. The number of hydrogen-bond donors (Lipinski definition) is 0. The van der Waals surface area contributed by atoms with Crippen molar-refractivity contribution in [3.8, 4) is 22.8 Å². The average Bonchev–Trinajstić information content (AvgIpc) is 3.16. The zero-order valence-corrected chi connectivity index (χ0v) is 16.5. The molecule has 0 aliphatic carbocycles. The van der Waals surface area contributed by atoms with Gasteiger partial charge < -0.3 is 4.42 Å². The molecule has 0 saturated carbocycles. The zero-order chi connectivity index (χ0) is 20.1. The van der Waals surface area contributed by atoms with Crippen LogP contribution in [0, 0.1) is 0 Å². The molecule has 0 amide bonds. The minimum absolute atomic E-state index is 0.167. The molecule has 4 aromatic carbocycles. The molecule has 2 heterocycles. The number of fused-ring (bicyclic) bond motifs is 4. The highest BCUT2D eigenvalue weighted by Gasteiger charge is 2.13. The van der Waals surface area contributed by atoms with Crippen LogP contribution in [0.2, 0.25) is 5.28 Å². The maximum atomic E-state index is 6.28. The monoisotopic (exact) mass is 407 g/mol. The molecular weight excluding hydrogens is 394 g/mol. The second-order valence-electron chi connectivity index (χ2n) is 7.12. The van der Waals surface area contributed by atoms with E-state index < -0.39 is 0 Å². The standard InChI is InChI=1S/C25H14ClN3O/c26-25-28-23(17-10-9-15-5-1-2-6-16(15)13-17)27-24(29-25)18-11-12-22-20(14-18)19-7-3-4-8-21(19)30-22/h1-14H. The summed E-state index contributed by atoms with van der Waals surface area (Å²) in [4.78, 5) is 13.5. The van der Waals surface area contributed by atoms with E-state index >= 15 is 0 Å². The summed E-state index contributed by atoms with van der Waals surface area (Å²) in [5, 5.41) is 4.54. The van der Waals surface area contributed by atoms with Crippen molar-refractivity contribution in [2.24, 2.45) is 0 Å². The Bertz CT molecular complexity index is 1570. The molecule has 0 bridgehead atoms. The Morgan fingerprint density at radius 2 is 1.23 bits per heavy atom. The number of furan rings is 1. The van der Waals surface area contributed by atoms with Crippen molar-refractivity contribution >= 4 is 44.3 Å². The van der Waals surface area contributed by atoms with Crippen LogP contribution in [0.5, 0.6) is 0 Å². The molecular formula is C25H14ClN3O. The van der Waals surface area contributed by atoms with E-state index in [2.05, 4.69) is 34.2 Å². The highest BCUT2D eigenvalue weighted by atomic mass is 35.5. The first kappa shape index (κ1) is 17.1. The second kappa shape index (κ2) is 6.65. The lowest BCUT2D eigenvalue weighted by Crippen LogP contribution is -1.97. The lowest BCUT2D eigenvalue weighted by Gasteiger charge is -2.06. The molecule has 0 fully saturated rings. The predicted molar refractivity (Wildman–Crippen MR) is 120 cm³/mol. The third kappa shape index (κ3) is 2.81. The largest absolute Gasteiger partial charge is 0.456 e. The summed E-state index contributed by atoms with van der Waals surface area (Å²) in [6.45, 7) is 0. The van der Waals surface area contributed by atoms with Gasteiger partial charge in [0.05, 0.1) is 0 Å². The fourth-order valence-electron chi connectivity index (χ4n) is 3.80. The van der Waals surface area contributed by atoms with E-state index in [0.29, 0.717) is 11.6 Å². The number of nitrogens with zero attached hydrogens (tertiary/aromatic N) is 3. The van der Waals surface area contributed by atoms with E-state index in [0.717, 1.165) is 38.5 Å².